The zero-order valence-corrected chi connectivity index (χ0v) is 18.0. The van der Waals surface area contributed by atoms with Crippen molar-refractivity contribution in [2.75, 3.05) is 6.79 Å². The number of ether oxygens (including phenoxy) is 4. The number of carbonyl (C=O) groups excluding carboxylic acids is 3. The third-order valence-corrected chi connectivity index (χ3v) is 3.65. The first-order valence-corrected chi connectivity index (χ1v) is 9.64. The predicted molar refractivity (Wildman–Crippen MR) is 101 cm³/mol. The lowest BCUT2D eigenvalue weighted by Crippen LogP contribution is -2.62. The summed E-state index contributed by atoms with van der Waals surface area (Å²) < 4.78 is 21.1. The molecule has 28 heavy (non-hydrogen) atoms. The van der Waals surface area contributed by atoms with Crippen LogP contribution >= 0.6 is 0 Å². The molecule has 1 aliphatic rings. The molecule has 162 valence electrons. The molecule has 1 fully saturated rings. The molecule has 1 heterocycles. The molecule has 0 radical (unpaired) electrons. The van der Waals surface area contributed by atoms with Crippen LogP contribution in [-0.4, -0.2) is 53.3 Å². The maximum absolute atomic E-state index is 12.8. The molecule has 0 saturated carbocycles. The number of hydrogen-bond donors (Lipinski definition) is 1. The van der Waals surface area contributed by atoms with Crippen LogP contribution in [0.2, 0.25) is 0 Å². The summed E-state index contributed by atoms with van der Waals surface area (Å²) in [6, 6.07) is -1.17. The number of hydrogen-bond acceptors (Lipinski definition) is 7. The third kappa shape index (κ3) is 8.33. The van der Waals surface area contributed by atoms with E-state index in [2.05, 4.69) is 12.3 Å². The Labute approximate surface area is 167 Å². The first-order valence-electron chi connectivity index (χ1n) is 9.64. The van der Waals surface area contributed by atoms with Gasteiger partial charge in [-0.05, 0) is 48.0 Å². The lowest BCUT2D eigenvalue weighted by Gasteiger charge is -2.38. The molecule has 9 nitrogen and oxygen atoms in total. The largest absolute Gasteiger partial charge is 0.443 e. The Hall–Kier alpha value is -2.03. The van der Waals surface area contributed by atoms with E-state index in [1.807, 2.05) is 0 Å². The summed E-state index contributed by atoms with van der Waals surface area (Å²) in [6.07, 6.45) is 0.870. The van der Waals surface area contributed by atoms with Crippen LogP contribution in [-0.2, 0) is 23.7 Å². The van der Waals surface area contributed by atoms with Crippen LogP contribution in [0.3, 0.4) is 0 Å². The SMILES string of the molecule is CCCCC[C@@H]1OCOC(=O)[C@H]1N(NC(=O)OC(C)(C)C)C(=O)OC(C)(C)C. The minimum Gasteiger partial charge on any atom is -0.443 e. The van der Waals surface area contributed by atoms with E-state index in [0.717, 1.165) is 24.3 Å². The molecule has 1 aliphatic heterocycles. The summed E-state index contributed by atoms with van der Waals surface area (Å²) >= 11 is 0. The molecule has 0 spiro atoms. The summed E-state index contributed by atoms with van der Waals surface area (Å²) in [5.74, 6) is -0.672. The van der Waals surface area contributed by atoms with Crippen molar-refractivity contribution in [2.45, 2.75) is 97.5 Å². The second kappa shape index (κ2) is 9.95. The van der Waals surface area contributed by atoms with Gasteiger partial charge in [0.2, 0.25) is 0 Å². The second-order valence-corrected chi connectivity index (χ2v) is 8.69. The van der Waals surface area contributed by atoms with Crippen molar-refractivity contribution in [2.24, 2.45) is 0 Å². The average molecular weight is 402 g/mol. The lowest BCUT2D eigenvalue weighted by molar-refractivity contribution is -0.199. The summed E-state index contributed by atoms with van der Waals surface area (Å²) in [6.45, 7) is 12.0. The maximum atomic E-state index is 12.8. The number of nitrogens with one attached hydrogen (secondary N) is 1. The number of amides is 2. The van der Waals surface area contributed by atoms with Crippen LogP contribution in [0, 0.1) is 0 Å². The molecule has 2 amide bonds. The molecular weight excluding hydrogens is 368 g/mol. The highest BCUT2D eigenvalue weighted by Gasteiger charge is 2.44. The molecule has 1 N–H and O–H groups in total. The van der Waals surface area contributed by atoms with Gasteiger partial charge in [-0.25, -0.2) is 19.8 Å². The van der Waals surface area contributed by atoms with Crippen molar-refractivity contribution in [3.63, 3.8) is 0 Å². The molecule has 2 atom stereocenters. The van der Waals surface area contributed by atoms with Gasteiger partial charge in [-0.3, -0.25) is 0 Å². The minimum absolute atomic E-state index is 0.194. The van der Waals surface area contributed by atoms with Gasteiger partial charge < -0.3 is 18.9 Å². The Kier molecular flexibility index (Phi) is 8.53. The topological polar surface area (TPSA) is 103 Å². The van der Waals surface area contributed by atoms with E-state index >= 15 is 0 Å². The van der Waals surface area contributed by atoms with Gasteiger partial charge in [0.1, 0.15) is 11.2 Å². The van der Waals surface area contributed by atoms with E-state index in [0.29, 0.717) is 6.42 Å². The average Bonchev–Trinajstić information content (AvgIpc) is 2.50. The fourth-order valence-electron chi connectivity index (χ4n) is 2.56. The summed E-state index contributed by atoms with van der Waals surface area (Å²) in [4.78, 5) is 37.5. The van der Waals surface area contributed by atoms with Gasteiger partial charge in [0.15, 0.2) is 12.8 Å². The van der Waals surface area contributed by atoms with Gasteiger partial charge in [0.25, 0.3) is 0 Å². The molecular formula is C19H34N2O7. The van der Waals surface area contributed by atoms with Crippen LogP contribution in [0.15, 0.2) is 0 Å². The van der Waals surface area contributed by atoms with E-state index < -0.39 is 41.5 Å². The molecule has 0 aromatic rings. The summed E-state index contributed by atoms with van der Waals surface area (Å²) in [5.41, 5.74) is 0.718. The summed E-state index contributed by atoms with van der Waals surface area (Å²) in [7, 11) is 0. The van der Waals surface area contributed by atoms with Crippen LogP contribution in [0.1, 0.15) is 74.1 Å². The zero-order chi connectivity index (χ0) is 21.5. The normalized spacial score (nSPS) is 20.2. The minimum atomic E-state index is -1.17. The number of hydrazine groups is 1. The number of cyclic esters (lactones) is 1. The molecule has 0 bridgehead atoms. The van der Waals surface area contributed by atoms with Crippen molar-refractivity contribution < 1.29 is 33.3 Å². The van der Waals surface area contributed by atoms with Crippen molar-refractivity contribution in [1.29, 1.82) is 0 Å². The second-order valence-electron chi connectivity index (χ2n) is 8.69. The number of nitrogens with zero attached hydrogens (tertiary/aromatic N) is 1. The quantitative estimate of drug-likeness (QED) is 0.325. The number of unbranched alkanes of at least 4 members (excludes halogenated alkanes) is 2. The predicted octanol–water partition coefficient (Wildman–Crippen LogP) is 3.51. The number of carbonyl (C=O) groups is 3. The van der Waals surface area contributed by atoms with Crippen LogP contribution in [0.5, 0.6) is 0 Å². The van der Waals surface area contributed by atoms with Gasteiger partial charge in [-0.2, -0.15) is 5.01 Å². The van der Waals surface area contributed by atoms with Crippen molar-refractivity contribution in [3.8, 4) is 0 Å². The molecule has 0 aromatic heterocycles. The van der Waals surface area contributed by atoms with Gasteiger partial charge in [-0.15, -0.1) is 0 Å². The maximum Gasteiger partial charge on any atom is 0.430 e. The van der Waals surface area contributed by atoms with E-state index in [1.54, 1.807) is 41.5 Å². The van der Waals surface area contributed by atoms with Gasteiger partial charge in [0, 0.05) is 0 Å². The molecule has 9 heteroatoms. The number of esters is 1. The smallest absolute Gasteiger partial charge is 0.430 e. The lowest BCUT2D eigenvalue weighted by atomic mass is 10.0. The van der Waals surface area contributed by atoms with Crippen LogP contribution in [0.25, 0.3) is 0 Å². The Morgan fingerprint density at radius 2 is 1.71 bits per heavy atom. The Balaban J connectivity index is 3.08. The van der Waals surface area contributed by atoms with E-state index in [4.69, 9.17) is 18.9 Å². The standard InChI is InChI=1S/C19H34N2O7/c1-8-9-10-11-13-14(15(22)26-12-25-13)21(17(24)28-19(5,6)7)20-16(23)27-18(2,3)4/h13-14H,8-12H2,1-7H3,(H,20,23)/t13-,14-/m0/s1. The highest BCUT2D eigenvalue weighted by atomic mass is 16.7. The van der Waals surface area contributed by atoms with Gasteiger partial charge >= 0.3 is 18.2 Å². The highest BCUT2D eigenvalue weighted by Crippen LogP contribution is 2.22. The first-order chi connectivity index (χ1) is 12.8. The third-order valence-electron chi connectivity index (χ3n) is 3.65. The Morgan fingerprint density at radius 1 is 1.11 bits per heavy atom. The highest BCUT2D eigenvalue weighted by molar-refractivity contribution is 5.84. The van der Waals surface area contributed by atoms with Crippen molar-refractivity contribution >= 4 is 18.2 Å². The first kappa shape index (κ1) is 24.0. The molecule has 0 unspecified atom stereocenters. The zero-order valence-electron chi connectivity index (χ0n) is 18.0. The summed E-state index contributed by atoms with van der Waals surface area (Å²) in [5, 5.41) is 0.817. The van der Waals surface area contributed by atoms with Crippen LogP contribution < -0.4 is 5.43 Å². The van der Waals surface area contributed by atoms with Crippen molar-refractivity contribution in [3.05, 3.63) is 0 Å². The van der Waals surface area contributed by atoms with E-state index in [1.165, 1.54) is 0 Å². The van der Waals surface area contributed by atoms with E-state index in [-0.39, 0.29) is 6.79 Å². The van der Waals surface area contributed by atoms with Crippen molar-refractivity contribution in [1.82, 2.24) is 10.4 Å². The van der Waals surface area contributed by atoms with E-state index in [9.17, 15) is 14.4 Å². The molecule has 1 rings (SSSR count). The molecule has 0 aromatic carbocycles. The van der Waals surface area contributed by atoms with Crippen LogP contribution in [0.4, 0.5) is 9.59 Å². The number of rotatable bonds is 5. The monoisotopic (exact) mass is 402 g/mol. The molecule has 0 aliphatic carbocycles. The fourth-order valence-corrected chi connectivity index (χ4v) is 2.56. The Bertz CT molecular complexity index is 551. The Morgan fingerprint density at radius 3 is 2.25 bits per heavy atom. The fraction of sp³-hybridized carbons (Fsp3) is 0.842. The van der Waals surface area contributed by atoms with Gasteiger partial charge in [0.05, 0.1) is 6.10 Å². The molecule has 1 saturated heterocycles. The van der Waals surface area contributed by atoms with Gasteiger partial charge in [-0.1, -0.05) is 26.2 Å².